The van der Waals surface area contributed by atoms with Gasteiger partial charge in [0, 0.05) is 38.8 Å². The van der Waals surface area contributed by atoms with Crippen molar-refractivity contribution in [1.29, 1.82) is 0 Å². The minimum atomic E-state index is 0.648. The number of aliphatic imine (C=N–C) groups is 1. The van der Waals surface area contributed by atoms with Gasteiger partial charge >= 0.3 is 0 Å². The van der Waals surface area contributed by atoms with Crippen LogP contribution in [0, 0.1) is 0 Å². The first-order chi connectivity index (χ1) is 8.69. The van der Waals surface area contributed by atoms with E-state index in [9.17, 15) is 0 Å². The van der Waals surface area contributed by atoms with Gasteiger partial charge in [0.05, 0.1) is 0 Å². The number of hydrogen-bond acceptors (Lipinski definition) is 2. The molecular formula is C14H30N4. The zero-order chi connectivity index (χ0) is 13.4. The molecule has 0 unspecified atom stereocenters. The molecule has 2 N–H and O–H groups in total. The van der Waals surface area contributed by atoms with Crippen LogP contribution in [0.25, 0.3) is 0 Å². The Kier molecular flexibility index (Phi) is 7.09. The molecule has 0 aromatic carbocycles. The van der Waals surface area contributed by atoms with Crippen molar-refractivity contribution < 1.29 is 0 Å². The Morgan fingerprint density at radius 1 is 1.28 bits per heavy atom. The zero-order valence-corrected chi connectivity index (χ0v) is 12.5. The fourth-order valence-electron chi connectivity index (χ4n) is 2.18. The van der Waals surface area contributed by atoms with E-state index >= 15 is 0 Å². The lowest BCUT2D eigenvalue weighted by molar-refractivity contribution is 0.215. The van der Waals surface area contributed by atoms with Gasteiger partial charge in [0.25, 0.3) is 0 Å². The average molecular weight is 254 g/mol. The summed E-state index contributed by atoms with van der Waals surface area (Å²) in [6.07, 6.45) is 5.16. The highest BCUT2D eigenvalue weighted by Crippen LogP contribution is 2.27. The van der Waals surface area contributed by atoms with E-state index in [0.29, 0.717) is 6.04 Å². The molecular weight excluding hydrogens is 224 g/mol. The first-order valence-corrected chi connectivity index (χ1v) is 7.39. The van der Waals surface area contributed by atoms with Crippen LogP contribution in [0.4, 0.5) is 0 Å². The highest BCUT2D eigenvalue weighted by Gasteiger charge is 2.29. The minimum absolute atomic E-state index is 0.648. The zero-order valence-electron chi connectivity index (χ0n) is 12.5. The molecule has 106 valence electrons. The Labute approximate surface area is 112 Å². The second-order valence-electron chi connectivity index (χ2n) is 5.34. The van der Waals surface area contributed by atoms with E-state index in [-0.39, 0.29) is 0 Å². The molecule has 0 aliphatic heterocycles. The summed E-state index contributed by atoms with van der Waals surface area (Å²) in [4.78, 5) is 6.83. The van der Waals surface area contributed by atoms with Crippen LogP contribution in [0.15, 0.2) is 4.99 Å². The lowest BCUT2D eigenvalue weighted by atomic mass is 10.3. The maximum absolute atomic E-state index is 4.24. The highest BCUT2D eigenvalue weighted by atomic mass is 15.2. The van der Waals surface area contributed by atoms with E-state index in [4.69, 9.17) is 0 Å². The van der Waals surface area contributed by atoms with Crippen molar-refractivity contribution in [2.75, 3.05) is 26.7 Å². The van der Waals surface area contributed by atoms with Gasteiger partial charge in [-0.15, -0.1) is 0 Å². The van der Waals surface area contributed by atoms with Crippen LogP contribution in [0.1, 0.15) is 46.5 Å². The molecule has 1 rings (SSSR count). The molecule has 4 nitrogen and oxygen atoms in total. The molecule has 4 heteroatoms. The van der Waals surface area contributed by atoms with Gasteiger partial charge in [-0.1, -0.05) is 13.3 Å². The average Bonchev–Trinajstić information content (AvgIpc) is 3.16. The van der Waals surface area contributed by atoms with Crippen molar-refractivity contribution >= 4 is 5.96 Å². The van der Waals surface area contributed by atoms with Crippen LogP contribution in [0.3, 0.4) is 0 Å². The quantitative estimate of drug-likeness (QED) is 0.394. The second kappa shape index (κ2) is 8.35. The maximum atomic E-state index is 4.24. The van der Waals surface area contributed by atoms with Crippen LogP contribution in [0.2, 0.25) is 0 Å². The van der Waals surface area contributed by atoms with Gasteiger partial charge in [-0.05, 0) is 33.1 Å². The van der Waals surface area contributed by atoms with Gasteiger partial charge in [0.1, 0.15) is 0 Å². The lowest BCUT2D eigenvalue weighted by Crippen LogP contribution is -2.44. The Morgan fingerprint density at radius 3 is 2.44 bits per heavy atom. The molecule has 18 heavy (non-hydrogen) atoms. The van der Waals surface area contributed by atoms with Crippen LogP contribution < -0.4 is 10.6 Å². The molecule has 1 saturated carbocycles. The third-order valence-electron chi connectivity index (χ3n) is 3.39. The molecule has 0 atom stereocenters. The van der Waals surface area contributed by atoms with Crippen molar-refractivity contribution in [1.82, 2.24) is 15.5 Å². The number of nitrogens with zero attached hydrogens (tertiary/aromatic N) is 2. The van der Waals surface area contributed by atoms with E-state index in [0.717, 1.165) is 31.6 Å². The molecule has 0 aromatic rings. The van der Waals surface area contributed by atoms with Gasteiger partial charge in [0.2, 0.25) is 0 Å². The molecule has 0 radical (unpaired) electrons. The van der Waals surface area contributed by atoms with Crippen LogP contribution in [-0.4, -0.2) is 49.6 Å². The van der Waals surface area contributed by atoms with Crippen molar-refractivity contribution in [2.45, 2.75) is 58.5 Å². The normalized spacial score (nSPS) is 16.4. The standard InChI is InChI=1S/C14H30N4/c1-5-6-9-16-14(15-4)17-10-11-18(12(2)3)13-7-8-13/h12-13H,5-11H2,1-4H3,(H2,15,16,17). The summed E-state index contributed by atoms with van der Waals surface area (Å²) >= 11 is 0. The first kappa shape index (κ1) is 15.3. The predicted octanol–water partition coefficient (Wildman–Crippen LogP) is 1.82. The lowest BCUT2D eigenvalue weighted by Gasteiger charge is -2.26. The van der Waals surface area contributed by atoms with Crippen molar-refractivity contribution in [2.24, 2.45) is 4.99 Å². The topological polar surface area (TPSA) is 39.7 Å². The van der Waals surface area contributed by atoms with E-state index in [1.165, 1.54) is 25.7 Å². The Hall–Kier alpha value is -0.770. The first-order valence-electron chi connectivity index (χ1n) is 7.39. The molecule has 1 aliphatic rings. The van der Waals surface area contributed by atoms with E-state index in [1.807, 2.05) is 7.05 Å². The molecule has 1 fully saturated rings. The predicted molar refractivity (Wildman–Crippen MR) is 79.1 cm³/mol. The van der Waals surface area contributed by atoms with Gasteiger partial charge in [-0.2, -0.15) is 0 Å². The monoisotopic (exact) mass is 254 g/mol. The van der Waals surface area contributed by atoms with E-state index < -0.39 is 0 Å². The third-order valence-corrected chi connectivity index (χ3v) is 3.39. The smallest absolute Gasteiger partial charge is 0.191 e. The molecule has 0 heterocycles. The largest absolute Gasteiger partial charge is 0.356 e. The van der Waals surface area contributed by atoms with Gasteiger partial charge in [-0.25, -0.2) is 0 Å². The number of nitrogens with one attached hydrogen (secondary N) is 2. The summed E-state index contributed by atoms with van der Waals surface area (Å²) in [6, 6.07) is 1.48. The molecule has 0 aromatic heterocycles. The molecule has 0 bridgehead atoms. The van der Waals surface area contributed by atoms with Gasteiger partial charge < -0.3 is 10.6 Å². The Balaban J connectivity index is 2.17. The summed E-state index contributed by atoms with van der Waals surface area (Å²) in [5, 5.41) is 6.73. The molecule has 0 spiro atoms. The van der Waals surface area contributed by atoms with Crippen molar-refractivity contribution in [3.63, 3.8) is 0 Å². The summed E-state index contributed by atoms with van der Waals surface area (Å²) in [5.74, 6) is 0.933. The summed E-state index contributed by atoms with van der Waals surface area (Å²) < 4.78 is 0. The maximum Gasteiger partial charge on any atom is 0.191 e. The van der Waals surface area contributed by atoms with E-state index in [2.05, 4.69) is 41.3 Å². The fourth-order valence-corrected chi connectivity index (χ4v) is 2.18. The van der Waals surface area contributed by atoms with Crippen LogP contribution in [0.5, 0.6) is 0 Å². The van der Waals surface area contributed by atoms with Crippen LogP contribution in [-0.2, 0) is 0 Å². The number of rotatable bonds is 8. The highest BCUT2D eigenvalue weighted by molar-refractivity contribution is 5.79. The van der Waals surface area contributed by atoms with E-state index in [1.54, 1.807) is 0 Å². The summed E-state index contributed by atoms with van der Waals surface area (Å²) in [5.41, 5.74) is 0. The van der Waals surface area contributed by atoms with Crippen molar-refractivity contribution in [3.05, 3.63) is 0 Å². The Bertz CT molecular complexity index is 244. The van der Waals surface area contributed by atoms with Gasteiger partial charge in [-0.3, -0.25) is 9.89 Å². The van der Waals surface area contributed by atoms with Crippen molar-refractivity contribution in [3.8, 4) is 0 Å². The number of guanidine groups is 1. The van der Waals surface area contributed by atoms with Crippen LogP contribution >= 0.6 is 0 Å². The van der Waals surface area contributed by atoms with Gasteiger partial charge in [0.15, 0.2) is 5.96 Å². The molecule has 0 amide bonds. The minimum Gasteiger partial charge on any atom is -0.356 e. The molecule has 1 aliphatic carbocycles. The SMILES string of the molecule is CCCCNC(=NC)NCCN(C(C)C)C1CC1. The fraction of sp³-hybridized carbons (Fsp3) is 0.929. The number of hydrogen-bond donors (Lipinski definition) is 2. The summed E-state index contributed by atoms with van der Waals surface area (Å²) in [6.45, 7) is 9.86. The summed E-state index contributed by atoms with van der Waals surface area (Å²) in [7, 11) is 1.84. The molecule has 0 saturated heterocycles. The second-order valence-corrected chi connectivity index (χ2v) is 5.34. The number of unbranched alkanes of at least 4 members (excludes halogenated alkanes) is 1. The Morgan fingerprint density at radius 2 is 1.94 bits per heavy atom. The third kappa shape index (κ3) is 5.71.